The molecule has 1 heterocycles. The van der Waals surface area contributed by atoms with Crippen LogP contribution in [0.5, 0.6) is 0 Å². The second-order valence-corrected chi connectivity index (χ2v) is 4.95. The normalized spacial score (nSPS) is 13.4. The Morgan fingerprint density at radius 2 is 2.16 bits per heavy atom. The van der Waals surface area contributed by atoms with E-state index in [4.69, 9.17) is 0 Å². The fourth-order valence-corrected chi connectivity index (χ4v) is 2.29. The van der Waals surface area contributed by atoms with E-state index >= 15 is 0 Å². The lowest BCUT2D eigenvalue weighted by Gasteiger charge is -2.15. The number of rotatable bonds is 5. The summed E-state index contributed by atoms with van der Waals surface area (Å²) in [5.74, 6) is 0.863. The molecule has 0 aliphatic rings. The maximum Gasteiger partial charge on any atom is 0.190 e. The molecule has 0 radical (unpaired) electrons. The molecule has 1 aromatic carbocycles. The number of imidazole rings is 1. The summed E-state index contributed by atoms with van der Waals surface area (Å²) in [4.78, 5) is 6.56. The van der Waals surface area contributed by atoms with Gasteiger partial charge in [-0.2, -0.15) is 5.23 Å². The summed E-state index contributed by atoms with van der Waals surface area (Å²) in [5.41, 5.74) is 1.80. The number of nitrogens with zero attached hydrogens (tertiary/aromatic N) is 3. The largest absolute Gasteiger partial charge is 0.595 e. The van der Waals surface area contributed by atoms with Gasteiger partial charge in [0.25, 0.3) is 0 Å². The molecule has 2 rings (SSSR count). The third kappa shape index (κ3) is 2.93. The van der Waals surface area contributed by atoms with E-state index in [9.17, 15) is 10.4 Å². The van der Waals surface area contributed by atoms with E-state index in [1.807, 2.05) is 31.7 Å². The van der Waals surface area contributed by atoms with Crippen molar-refractivity contribution in [2.24, 2.45) is 0 Å². The number of aromatic nitrogens is 2. The summed E-state index contributed by atoms with van der Waals surface area (Å²) in [6.07, 6.45) is 0.966. The van der Waals surface area contributed by atoms with Gasteiger partial charge in [-0.1, -0.05) is 6.07 Å². The summed E-state index contributed by atoms with van der Waals surface area (Å²) in [6.45, 7) is 3.67. The van der Waals surface area contributed by atoms with Gasteiger partial charge in [-0.05, 0) is 40.1 Å². The van der Waals surface area contributed by atoms with E-state index in [0.29, 0.717) is 5.69 Å². The second-order valence-electron chi connectivity index (χ2n) is 4.95. The average Bonchev–Trinajstić information content (AvgIpc) is 2.65. The van der Waals surface area contributed by atoms with Crippen LogP contribution in [0.3, 0.4) is 0 Å². The molecule has 0 bridgehead atoms. The molecular formula is C13H20N4O2. The molecule has 6 heteroatoms. The van der Waals surface area contributed by atoms with Crippen LogP contribution in [0.25, 0.3) is 11.0 Å². The Morgan fingerprint density at radius 1 is 1.42 bits per heavy atom. The monoisotopic (exact) mass is 264 g/mol. The first kappa shape index (κ1) is 14.0. The predicted octanol–water partition coefficient (Wildman–Crippen LogP) is 0.700. The van der Waals surface area contributed by atoms with E-state index in [1.165, 1.54) is 0 Å². The molecule has 1 unspecified atom stereocenters. The molecule has 2 N–H and O–H groups in total. The zero-order valence-corrected chi connectivity index (χ0v) is 11.6. The fourth-order valence-electron chi connectivity index (χ4n) is 2.29. The number of aryl methyl sites for hydroxylation is 2. The van der Waals surface area contributed by atoms with Gasteiger partial charge < -0.3 is 14.7 Å². The van der Waals surface area contributed by atoms with Gasteiger partial charge in [0, 0.05) is 12.6 Å². The first-order chi connectivity index (χ1) is 9.00. The summed E-state index contributed by atoms with van der Waals surface area (Å²) in [7, 11) is 4.06. The maximum absolute atomic E-state index is 11.3. The van der Waals surface area contributed by atoms with E-state index < -0.39 is 5.23 Å². The first-order valence-corrected chi connectivity index (χ1v) is 6.34. The molecule has 1 aromatic heterocycles. The van der Waals surface area contributed by atoms with Crippen LogP contribution in [0, 0.1) is 12.1 Å². The topological polar surface area (TPSA) is 68.8 Å². The lowest BCUT2D eigenvalue weighted by atomic mass is 10.2. The van der Waals surface area contributed by atoms with Gasteiger partial charge in [-0.15, -0.1) is 0 Å². The molecule has 0 amide bonds. The van der Waals surface area contributed by atoms with Crippen molar-refractivity contribution in [1.82, 2.24) is 14.5 Å². The SMILES string of the molecule is Cc1nc2cccc([NH+]([O-])O)c2n1CCCN(C)C. The van der Waals surface area contributed by atoms with Crippen molar-refractivity contribution >= 4 is 16.7 Å². The zero-order valence-electron chi connectivity index (χ0n) is 11.6. The highest BCUT2D eigenvalue weighted by molar-refractivity contribution is 5.85. The minimum atomic E-state index is -0.903. The zero-order chi connectivity index (χ0) is 14.0. The number of fused-ring (bicyclic) bond motifs is 1. The number of para-hydroxylation sites is 1. The van der Waals surface area contributed by atoms with Crippen LogP contribution >= 0.6 is 0 Å². The van der Waals surface area contributed by atoms with Gasteiger partial charge in [-0.25, -0.2) is 10.2 Å². The van der Waals surface area contributed by atoms with Crippen LogP contribution < -0.4 is 5.23 Å². The van der Waals surface area contributed by atoms with Crippen LogP contribution in [0.4, 0.5) is 5.69 Å². The van der Waals surface area contributed by atoms with Crippen LogP contribution in [-0.4, -0.2) is 40.3 Å². The van der Waals surface area contributed by atoms with Crippen LogP contribution in [-0.2, 0) is 6.54 Å². The number of quaternary nitrogens is 1. The molecule has 104 valence electrons. The molecule has 19 heavy (non-hydrogen) atoms. The summed E-state index contributed by atoms with van der Waals surface area (Å²) in [5, 5.41) is 19.7. The minimum Gasteiger partial charge on any atom is -0.595 e. The Hall–Kier alpha value is -1.47. The minimum absolute atomic E-state index is 0.322. The molecule has 0 spiro atoms. The molecule has 0 fully saturated rings. The third-order valence-corrected chi connectivity index (χ3v) is 3.17. The van der Waals surface area contributed by atoms with Gasteiger partial charge in [-0.3, -0.25) is 0 Å². The number of benzene rings is 1. The fraction of sp³-hybridized carbons (Fsp3) is 0.462. The third-order valence-electron chi connectivity index (χ3n) is 3.17. The van der Waals surface area contributed by atoms with Gasteiger partial charge in [0.2, 0.25) is 0 Å². The smallest absolute Gasteiger partial charge is 0.190 e. The lowest BCUT2D eigenvalue weighted by Crippen LogP contribution is -2.99. The van der Waals surface area contributed by atoms with Gasteiger partial charge in [0.05, 0.1) is 5.52 Å². The molecule has 6 nitrogen and oxygen atoms in total. The number of hydrogen-bond acceptors (Lipinski definition) is 4. The highest BCUT2D eigenvalue weighted by Crippen LogP contribution is 2.22. The first-order valence-electron chi connectivity index (χ1n) is 6.34. The lowest BCUT2D eigenvalue weighted by molar-refractivity contribution is -0.990. The second kappa shape index (κ2) is 5.66. The molecule has 0 saturated heterocycles. The van der Waals surface area contributed by atoms with Gasteiger partial charge in [0.15, 0.2) is 5.69 Å². The van der Waals surface area contributed by atoms with E-state index in [-0.39, 0.29) is 0 Å². The summed E-state index contributed by atoms with van der Waals surface area (Å²) in [6, 6.07) is 5.23. The highest BCUT2D eigenvalue weighted by Gasteiger charge is 2.15. The van der Waals surface area contributed by atoms with Crippen molar-refractivity contribution in [3.63, 3.8) is 0 Å². The molecule has 1 atom stereocenters. The Kier molecular flexibility index (Phi) is 4.16. The van der Waals surface area contributed by atoms with Crippen molar-refractivity contribution < 1.29 is 10.4 Å². The summed E-state index contributed by atoms with van der Waals surface area (Å²) < 4.78 is 2.00. The Labute approximate surface area is 112 Å². The molecule has 2 aromatic rings. The quantitative estimate of drug-likeness (QED) is 0.780. The Morgan fingerprint density at radius 3 is 2.79 bits per heavy atom. The van der Waals surface area contributed by atoms with Gasteiger partial charge >= 0.3 is 0 Å². The highest BCUT2D eigenvalue weighted by atomic mass is 16.8. The Bertz CT molecular complexity index is 563. The Balaban J connectivity index is 2.38. The average molecular weight is 264 g/mol. The summed E-state index contributed by atoms with van der Waals surface area (Å²) >= 11 is 0. The van der Waals surface area contributed by atoms with Crippen molar-refractivity contribution in [1.29, 1.82) is 0 Å². The van der Waals surface area contributed by atoms with Crippen LogP contribution in [0.2, 0.25) is 0 Å². The van der Waals surface area contributed by atoms with E-state index in [0.717, 1.165) is 36.4 Å². The molecule has 0 saturated carbocycles. The molecular weight excluding hydrogens is 244 g/mol. The van der Waals surface area contributed by atoms with E-state index in [2.05, 4.69) is 9.88 Å². The van der Waals surface area contributed by atoms with Crippen molar-refractivity contribution in [3.8, 4) is 0 Å². The van der Waals surface area contributed by atoms with E-state index in [1.54, 1.807) is 12.1 Å². The van der Waals surface area contributed by atoms with Crippen molar-refractivity contribution in [2.45, 2.75) is 19.9 Å². The van der Waals surface area contributed by atoms with Crippen LogP contribution in [0.1, 0.15) is 12.2 Å². The molecule has 0 aliphatic heterocycles. The number of nitrogens with one attached hydrogen (secondary N) is 1. The standard InChI is InChI=1S/C13H20N4O2/c1-10-14-11-6-4-7-12(17(18)19)13(11)16(10)9-5-8-15(2)3/h4,6-7,17-18H,5,8-9H2,1-3H3. The molecule has 0 aliphatic carbocycles. The number of hydrogen-bond donors (Lipinski definition) is 2. The van der Waals surface area contributed by atoms with Crippen LogP contribution in [0.15, 0.2) is 18.2 Å². The van der Waals surface area contributed by atoms with Gasteiger partial charge in [0.1, 0.15) is 11.3 Å². The maximum atomic E-state index is 11.3. The van der Waals surface area contributed by atoms with Crippen molar-refractivity contribution in [2.75, 3.05) is 20.6 Å². The predicted molar refractivity (Wildman–Crippen MR) is 73.4 cm³/mol. The van der Waals surface area contributed by atoms with Crippen molar-refractivity contribution in [3.05, 3.63) is 29.2 Å².